The van der Waals surface area contributed by atoms with E-state index >= 15 is 0 Å². The third kappa shape index (κ3) is 6.28. The van der Waals surface area contributed by atoms with Gasteiger partial charge in [0.2, 0.25) is 29.5 Å². The molecule has 0 unspecified atom stereocenters. The summed E-state index contributed by atoms with van der Waals surface area (Å²) in [5, 5.41) is 8.39. The van der Waals surface area contributed by atoms with Crippen molar-refractivity contribution in [3.63, 3.8) is 0 Å². The maximum atomic E-state index is 13.7. The van der Waals surface area contributed by atoms with E-state index in [1.165, 1.54) is 16.1 Å². The number of nitrogens with one attached hydrogen (secondary N) is 4. The topological polar surface area (TPSA) is 157 Å². The van der Waals surface area contributed by atoms with E-state index in [2.05, 4.69) is 38.5 Å². The number of thioether (sulfide) groups is 1. The summed E-state index contributed by atoms with van der Waals surface area (Å²) in [7, 11) is 0. The molecule has 4 N–H and O–H groups in total. The van der Waals surface area contributed by atoms with Crippen LogP contribution < -0.4 is 16.0 Å². The number of carbonyl (C=O) groups is 5. The van der Waals surface area contributed by atoms with Crippen molar-refractivity contribution in [2.24, 2.45) is 0 Å². The van der Waals surface area contributed by atoms with Crippen molar-refractivity contribution in [2.45, 2.75) is 68.7 Å². The number of carbonyl (C=O) groups excluding carboxylic acids is 5. The lowest BCUT2D eigenvalue weighted by Gasteiger charge is -2.31. The van der Waals surface area contributed by atoms with Crippen LogP contribution >= 0.6 is 24.4 Å². The number of hydrogen-bond donors (Lipinski definition) is 5. The summed E-state index contributed by atoms with van der Waals surface area (Å²) in [6.07, 6.45) is 7.68. The standard InChI is InChI=1S/C24H35N7O5S2/c1-38-9-6-15-23(35)30-7-2-5-19(30)22(34)29-17(12-37)20(32)28-16(10-14-11-25-13-26-14)24(36)31-8-3-4-18(31)21(33)27-15/h11,13,15-19,37H,2-10,12H2,1H3,(H,25,26)(H,27,33)(H,28,32)(H,29,34)/t15-,16-,17-,18-,19-/m0/s1. The molecule has 0 aliphatic carbocycles. The summed E-state index contributed by atoms with van der Waals surface area (Å²) in [5.41, 5.74) is 0.637. The van der Waals surface area contributed by atoms with Gasteiger partial charge in [-0.25, -0.2) is 4.98 Å². The number of rotatable bonds is 6. The highest BCUT2D eigenvalue weighted by Crippen LogP contribution is 2.23. The van der Waals surface area contributed by atoms with Crippen molar-refractivity contribution in [2.75, 3.05) is 30.9 Å². The zero-order valence-corrected chi connectivity index (χ0v) is 23.1. The monoisotopic (exact) mass is 565 g/mol. The van der Waals surface area contributed by atoms with Gasteiger partial charge in [-0.05, 0) is 44.1 Å². The first-order valence-corrected chi connectivity index (χ1v) is 15.0. The molecule has 208 valence electrons. The third-order valence-electron chi connectivity index (χ3n) is 7.31. The minimum absolute atomic E-state index is 0.00589. The molecule has 3 fully saturated rings. The lowest BCUT2D eigenvalue weighted by Crippen LogP contribution is -2.58. The molecule has 3 aliphatic heterocycles. The Balaban J connectivity index is 1.68. The van der Waals surface area contributed by atoms with Crippen molar-refractivity contribution in [1.82, 2.24) is 35.7 Å². The SMILES string of the molecule is CSCC[C@@H]1NC(=O)[C@@H]2CCCN2C(=O)[C@H](Cc2cnc[nH]2)NC(=O)[C@H](CS)NC(=O)[C@@H]2CCCN2C1=O. The first kappa shape index (κ1) is 28.3. The molecular weight excluding hydrogens is 530 g/mol. The molecule has 1 aromatic heterocycles. The Morgan fingerprint density at radius 2 is 1.47 bits per heavy atom. The first-order chi connectivity index (χ1) is 18.3. The molecule has 1 aromatic rings. The fourth-order valence-electron chi connectivity index (χ4n) is 5.32. The van der Waals surface area contributed by atoms with Gasteiger partial charge in [0, 0.05) is 37.2 Å². The van der Waals surface area contributed by atoms with Crippen LogP contribution in [0.3, 0.4) is 0 Å². The summed E-state index contributed by atoms with van der Waals surface area (Å²) < 4.78 is 0. The molecule has 4 heterocycles. The molecule has 38 heavy (non-hydrogen) atoms. The van der Waals surface area contributed by atoms with E-state index < -0.39 is 53.8 Å². The molecular formula is C24H35N7O5S2. The number of aromatic nitrogens is 2. The normalized spacial score (nSPS) is 29.2. The van der Waals surface area contributed by atoms with E-state index in [0.717, 1.165) is 0 Å². The maximum Gasteiger partial charge on any atom is 0.246 e. The second-order valence-electron chi connectivity index (χ2n) is 9.81. The molecule has 0 aromatic carbocycles. The molecule has 0 saturated carbocycles. The molecule has 3 saturated heterocycles. The summed E-state index contributed by atoms with van der Waals surface area (Å²) in [6, 6.07) is -4.31. The van der Waals surface area contributed by atoms with Crippen molar-refractivity contribution < 1.29 is 24.0 Å². The third-order valence-corrected chi connectivity index (χ3v) is 8.32. The smallest absolute Gasteiger partial charge is 0.246 e. The van der Waals surface area contributed by atoms with Crippen LogP contribution in [0.4, 0.5) is 0 Å². The van der Waals surface area contributed by atoms with Crippen LogP contribution in [0.25, 0.3) is 0 Å². The van der Waals surface area contributed by atoms with E-state index in [4.69, 9.17) is 0 Å². The number of aromatic amines is 1. The largest absolute Gasteiger partial charge is 0.348 e. The molecule has 5 amide bonds. The Morgan fingerprint density at radius 1 is 0.895 bits per heavy atom. The van der Waals surface area contributed by atoms with Gasteiger partial charge in [-0.1, -0.05) is 0 Å². The predicted octanol–water partition coefficient (Wildman–Crippen LogP) is -0.915. The number of hydrogen-bond acceptors (Lipinski definition) is 8. The van der Waals surface area contributed by atoms with Gasteiger partial charge in [0.05, 0.1) is 6.33 Å². The van der Waals surface area contributed by atoms with Crippen LogP contribution in [0.5, 0.6) is 0 Å². The average molecular weight is 566 g/mol. The number of fused-ring (bicyclic) bond motifs is 2. The van der Waals surface area contributed by atoms with E-state index in [1.807, 2.05) is 6.26 Å². The Kier molecular flexibility index (Phi) is 9.58. The highest BCUT2D eigenvalue weighted by atomic mass is 32.2. The van der Waals surface area contributed by atoms with E-state index in [1.54, 1.807) is 18.0 Å². The molecule has 4 rings (SSSR count). The molecule has 14 heteroatoms. The molecule has 3 aliphatic rings. The maximum absolute atomic E-state index is 13.7. The Labute approximate surface area is 231 Å². The van der Waals surface area contributed by atoms with Gasteiger partial charge >= 0.3 is 0 Å². The van der Waals surface area contributed by atoms with Gasteiger partial charge in [0.1, 0.15) is 30.2 Å². The van der Waals surface area contributed by atoms with Crippen LogP contribution in [-0.2, 0) is 30.4 Å². The number of imidazole rings is 1. The zero-order valence-electron chi connectivity index (χ0n) is 21.4. The Morgan fingerprint density at radius 3 is 2.03 bits per heavy atom. The van der Waals surface area contributed by atoms with Crippen molar-refractivity contribution >= 4 is 53.9 Å². The lowest BCUT2D eigenvalue weighted by molar-refractivity contribution is -0.143. The molecule has 0 radical (unpaired) electrons. The number of thiol groups is 1. The highest BCUT2D eigenvalue weighted by molar-refractivity contribution is 7.98. The molecule has 0 bridgehead atoms. The first-order valence-electron chi connectivity index (χ1n) is 12.9. The minimum atomic E-state index is -1.01. The van der Waals surface area contributed by atoms with Crippen molar-refractivity contribution in [3.8, 4) is 0 Å². The van der Waals surface area contributed by atoms with Gasteiger partial charge in [0.15, 0.2) is 0 Å². The van der Waals surface area contributed by atoms with Crippen LogP contribution in [0, 0.1) is 0 Å². The lowest BCUT2D eigenvalue weighted by atomic mass is 10.1. The molecule has 0 spiro atoms. The van der Waals surface area contributed by atoms with Crippen LogP contribution in [0.2, 0.25) is 0 Å². The average Bonchev–Trinajstić information content (AvgIpc) is 3.69. The quantitative estimate of drug-likeness (QED) is 0.280. The van der Waals surface area contributed by atoms with Crippen LogP contribution in [0.1, 0.15) is 37.8 Å². The van der Waals surface area contributed by atoms with Gasteiger partial charge < -0.3 is 30.7 Å². The van der Waals surface area contributed by atoms with E-state index in [9.17, 15) is 24.0 Å². The van der Waals surface area contributed by atoms with Crippen LogP contribution in [0.15, 0.2) is 12.5 Å². The number of nitrogens with zero attached hydrogens (tertiary/aromatic N) is 3. The Hall–Kier alpha value is -2.74. The highest BCUT2D eigenvalue weighted by Gasteiger charge is 2.43. The number of amides is 5. The van der Waals surface area contributed by atoms with Crippen molar-refractivity contribution in [1.29, 1.82) is 0 Å². The summed E-state index contributed by atoms with van der Waals surface area (Å²) in [5.74, 6) is -1.49. The fourth-order valence-corrected chi connectivity index (χ4v) is 6.05. The number of H-pyrrole nitrogens is 1. The summed E-state index contributed by atoms with van der Waals surface area (Å²) in [6.45, 7) is 0.747. The molecule has 12 nitrogen and oxygen atoms in total. The predicted molar refractivity (Wildman–Crippen MR) is 144 cm³/mol. The van der Waals surface area contributed by atoms with E-state index in [-0.39, 0.29) is 18.1 Å². The summed E-state index contributed by atoms with van der Waals surface area (Å²) >= 11 is 5.83. The summed E-state index contributed by atoms with van der Waals surface area (Å²) in [4.78, 5) is 77.2. The minimum Gasteiger partial charge on any atom is -0.348 e. The van der Waals surface area contributed by atoms with Crippen molar-refractivity contribution in [3.05, 3.63) is 18.2 Å². The fraction of sp³-hybridized carbons (Fsp3) is 0.667. The van der Waals surface area contributed by atoms with Gasteiger partial charge in [-0.2, -0.15) is 24.4 Å². The molecule has 5 atom stereocenters. The van der Waals surface area contributed by atoms with Gasteiger partial charge in [-0.3, -0.25) is 24.0 Å². The Bertz CT molecular complexity index is 1040. The van der Waals surface area contributed by atoms with Gasteiger partial charge in [-0.15, -0.1) is 0 Å². The second kappa shape index (κ2) is 12.9. The van der Waals surface area contributed by atoms with Crippen LogP contribution in [-0.4, -0.2) is 110 Å². The van der Waals surface area contributed by atoms with E-state index in [0.29, 0.717) is 56.6 Å². The second-order valence-corrected chi connectivity index (χ2v) is 11.2. The van der Waals surface area contributed by atoms with Gasteiger partial charge in [0.25, 0.3) is 0 Å². The zero-order chi connectivity index (χ0) is 27.2.